The van der Waals surface area contributed by atoms with E-state index in [1.165, 1.54) is 76.7 Å². The fourth-order valence-electron chi connectivity index (χ4n) is 3.61. The Bertz CT molecular complexity index is 442. The molecular weight excluding hydrogens is 364 g/mol. The molecule has 4 heteroatoms. The summed E-state index contributed by atoms with van der Waals surface area (Å²) in [5, 5.41) is 0. The molecule has 0 aliphatic rings. The van der Waals surface area contributed by atoms with E-state index in [-0.39, 0.29) is 0 Å². The van der Waals surface area contributed by atoms with Crippen LogP contribution in [0.5, 0.6) is 0 Å². The van der Waals surface area contributed by atoms with Gasteiger partial charge in [-0.15, -0.1) is 0 Å². The van der Waals surface area contributed by atoms with Gasteiger partial charge in [0.15, 0.2) is 0 Å². The number of rotatable bonds is 19. The van der Waals surface area contributed by atoms with Crippen LogP contribution in [0.15, 0.2) is 11.6 Å². The first kappa shape index (κ1) is 27.7. The smallest absolute Gasteiger partial charge is 0.334 e. The van der Waals surface area contributed by atoms with Gasteiger partial charge in [-0.3, -0.25) is 0 Å². The lowest BCUT2D eigenvalue weighted by molar-refractivity contribution is -0.141. The van der Waals surface area contributed by atoms with Crippen molar-refractivity contribution in [3.63, 3.8) is 0 Å². The summed E-state index contributed by atoms with van der Waals surface area (Å²) in [6, 6.07) is 0. The standard InChI is InChI=1S/C25H46O4/c1-5-9-10-11-12-13-14-15-16-17-18-19-22(6-2)20-23(25(27)29-8-4)21-24(26)28-7-3/h21-22H,5-20H2,1-4H3/b23-21-. The fourth-order valence-corrected chi connectivity index (χ4v) is 3.61. The van der Waals surface area contributed by atoms with Crippen molar-refractivity contribution in [3.05, 3.63) is 11.6 Å². The Morgan fingerprint density at radius 2 is 1.24 bits per heavy atom. The van der Waals surface area contributed by atoms with Crippen LogP contribution in [-0.2, 0) is 19.1 Å². The van der Waals surface area contributed by atoms with Crippen molar-refractivity contribution in [2.45, 2.75) is 118 Å². The molecule has 0 aliphatic heterocycles. The normalized spacial score (nSPS) is 12.6. The number of hydrogen-bond donors (Lipinski definition) is 0. The lowest BCUT2D eigenvalue weighted by atomic mass is 9.91. The summed E-state index contributed by atoms with van der Waals surface area (Å²) < 4.78 is 10.1. The molecule has 0 bridgehead atoms. The highest BCUT2D eigenvalue weighted by atomic mass is 16.5. The first-order chi connectivity index (χ1) is 14.1. The summed E-state index contributed by atoms with van der Waals surface area (Å²) in [6.45, 7) is 8.57. The minimum absolute atomic E-state index is 0.307. The molecule has 0 radical (unpaired) electrons. The van der Waals surface area contributed by atoms with Crippen molar-refractivity contribution >= 4 is 11.9 Å². The lowest BCUT2D eigenvalue weighted by Gasteiger charge is -2.16. The zero-order valence-corrected chi connectivity index (χ0v) is 19.6. The van der Waals surface area contributed by atoms with Gasteiger partial charge in [0.1, 0.15) is 0 Å². The molecule has 0 aromatic heterocycles. The minimum Gasteiger partial charge on any atom is -0.463 e. The number of hydrogen-bond acceptors (Lipinski definition) is 4. The maximum atomic E-state index is 12.2. The number of esters is 2. The van der Waals surface area contributed by atoms with Crippen LogP contribution >= 0.6 is 0 Å². The highest BCUT2D eigenvalue weighted by Crippen LogP contribution is 2.23. The van der Waals surface area contributed by atoms with Crippen molar-refractivity contribution < 1.29 is 19.1 Å². The predicted octanol–water partition coefficient (Wildman–Crippen LogP) is 7.16. The predicted molar refractivity (Wildman–Crippen MR) is 121 cm³/mol. The molecule has 0 heterocycles. The van der Waals surface area contributed by atoms with E-state index in [0.29, 0.717) is 31.1 Å². The average Bonchev–Trinajstić information content (AvgIpc) is 2.70. The molecular formula is C25H46O4. The molecule has 1 atom stereocenters. The zero-order valence-electron chi connectivity index (χ0n) is 19.6. The summed E-state index contributed by atoms with van der Waals surface area (Å²) >= 11 is 0. The van der Waals surface area contributed by atoms with E-state index in [9.17, 15) is 9.59 Å². The molecule has 0 saturated heterocycles. The third-order valence-corrected chi connectivity index (χ3v) is 5.42. The average molecular weight is 411 g/mol. The molecule has 0 aliphatic carbocycles. The Morgan fingerprint density at radius 3 is 1.72 bits per heavy atom. The Hall–Kier alpha value is -1.32. The van der Waals surface area contributed by atoms with Gasteiger partial charge in [-0.2, -0.15) is 0 Å². The molecule has 0 aromatic carbocycles. The monoisotopic (exact) mass is 410 g/mol. The van der Waals surface area contributed by atoms with Crippen LogP contribution in [0.4, 0.5) is 0 Å². The van der Waals surface area contributed by atoms with Gasteiger partial charge in [0.05, 0.1) is 13.2 Å². The summed E-state index contributed by atoms with van der Waals surface area (Å²) in [7, 11) is 0. The number of carbonyl (C=O) groups is 2. The highest BCUT2D eigenvalue weighted by molar-refractivity contribution is 5.96. The molecule has 0 fully saturated rings. The van der Waals surface area contributed by atoms with E-state index in [1.54, 1.807) is 13.8 Å². The van der Waals surface area contributed by atoms with Gasteiger partial charge < -0.3 is 9.47 Å². The Morgan fingerprint density at radius 1 is 0.724 bits per heavy atom. The molecule has 170 valence electrons. The maximum Gasteiger partial charge on any atom is 0.334 e. The molecule has 1 unspecified atom stereocenters. The van der Waals surface area contributed by atoms with Crippen molar-refractivity contribution in [3.8, 4) is 0 Å². The maximum absolute atomic E-state index is 12.2. The van der Waals surface area contributed by atoms with Crippen LogP contribution in [0.2, 0.25) is 0 Å². The van der Waals surface area contributed by atoms with Gasteiger partial charge >= 0.3 is 11.9 Å². The topological polar surface area (TPSA) is 52.6 Å². The van der Waals surface area contributed by atoms with Gasteiger partial charge in [-0.05, 0) is 26.2 Å². The Kier molecular flexibility index (Phi) is 19.1. The molecule has 0 N–H and O–H groups in total. The number of ether oxygens (including phenoxy) is 2. The summed E-state index contributed by atoms with van der Waals surface area (Å²) in [5.41, 5.74) is 0.445. The minimum atomic E-state index is -0.458. The van der Waals surface area contributed by atoms with Crippen molar-refractivity contribution in [2.24, 2.45) is 5.92 Å². The first-order valence-corrected chi connectivity index (χ1v) is 12.1. The number of carbonyl (C=O) groups excluding carboxylic acids is 2. The van der Waals surface area contributed by atoms with Crippen LogP contribution in [-0.4, -0.2) is 25.2 Å². The van der Waals surface area contributed by atoms with Gasteiger partial charge in [0.2, 0.25) is 0 Å². The van der Waals surface area contributed by atoms with Crippen LogP contribution < -0.4 is 0 Å². The molecule has 0 amide bonds. The lowest BCUT2D eigenvalue weighted by Crippen LogP contribution is -2.14. The van der Waals surface area contributed by atoms with Crippen molar-refractivity contribution in [1.82, 2.24) is 0 Å². The van der Waals surface area contributed by atoms with Crippen LogP contribution in [0, 0.1) is 5.92 Å². The third kappa shape index (κ3) is 16.2. The summed E-state index contributed by atoms with van der Waals surface area (Å²) in [6.07, 6.45) is 18.7. The van der Waals surface area contributed by atoms with E-state index >= 15 is 0 Å². The van der Waals surface area contributed by atoms with E-state index in [2.05, 4.69) is 13.8 Å². The second-order valence-electron chi connectivity index (χ2n) is 7.94. The van der Waals surface area contributed by atoms with Crippen molar-refractivity contribution in [1.29, 1.82) is 0 Å². The van der Waals surface area contributed by atoms with E-state index in [0.717, 1.165) is 12.8 Å². The van der Waals surface area contributed by atoms with Gasteiger partial charge in [-0.1, -0.05) is 97.3 Å². The highest BCUT2D eigenvalue weighted by Gasteiger charge is 2.18. The summed E-state index contributed by atoms with van der Waals surface area (Å²) in [4.78, 5) is 24.0. The SMILES string of the molecule is CCCCCCCCCCCCCC(CC)C/C(=C/C(=O)OCC)C(=O)OCC. The van der Waals surface area contributed by atoms with E-state index in [1.807, 2.05) is 0 Å². The van der Waals surface area contributed by atoms with E-state index in [4.69, 9.17) is 9.47 Å². The first-order valence-electron chi connectivity index (χ1n) is 12.1. The Balaban J connectivity index is 4.15. The zero-order chi connectivity index (χ0) is 21.7. The molecule has 4 nitrogen and oxygen atoms in total. The molecule has 29 heavy (non-hydrogen) atoms. The van der Waals surface area contributed by atoms with Crippen LogP contribution in [0.25, 0.3) is 0 Å². The molecule has 0 saturated carbocycles. The largest absolute Gasteiger partial charge is 0.463 e. The van der Waals surface area contributed by atoms with Crippen molar-refractivity contribution in [2.75, 3.05) is 13.2 Å². The molecule has 0 rings (SSSR count). The fraction of sp³-hybridized carbons (Fsp3) is 0.840. The second-order valence-corrected chi connectivity index (χ2v) is 7.94. The quantitative estimate of drug-likeness (QED) is 0.129. The van der Waals surface area contributed by atoms with Crippen LogP contribution in [0.1, 0.15) is 118 Å². The Labute approximate surface area is 179 Å². The summed E-state index contributed by atoms with van der Waals surface area (Å²) in [5.74, 6) is -0.448. The van der Waals surface area contributed by atoms with Crippen LogP contribution in [0.3, 0.4) is 0 Å². The van der Waals surface area contributed by atoms with Gasteiger partial charge in [0, 0.05) is 11.6 Å². The van der Waals surface area contributed by atoms with E-state index < -0.39 is 11.9 Å². The second kappa shape index (κ2) is 20.0. The molecule has 0 aromatic rings. The number of unbranched alkanes of at least 4 members (excludes halogenated alkanes) is 10. The van der Waals surface area contributed by atoms with Gasteiger partial charge in [0.25, 0.3) is 0 Å². The molecule has 0 spiro atoms. The van der Waals surface area contributed by atoms with Gasteiger partial charge in [-0.25, -0.2) is 9.59 Å². The third-order valence-electron chi connectivity index (χ3n) is 5.42.